The van der Waals surface area contributed by atoms with Crippen LogP contribution in [0.3, 0.4) is 0 Å². The Morgan fingerprint density at radius 1 is 0.884 bits per heavy atom. The highest BCUT2D eigenvalue weighted by atomic mass is 35.5. The van der Waals surface area contributed by atoms with Crippen molar-refractivity contribution in [1.29, 1.82) is 0 Å². The van der Waals surface area contributed by atoms with Gasteiger partial charge in [-0.15, -0.1) is 11.8 Å². The molecule has 0 saturated carbocycles. The molecule has 7 nitrogen and oxygen atoms in total. The number of anilines is 2. The minimum absolute atomic E-state index is 0.0691. The van der Waals surface area contributed by atoms with Crippen LogP contribution in [-0.4, -0.2) is 30.1 Å². The number of hydrogen-bond donors (Lipinski definition) is 3. The first kappa shape index (κ1) is 31.4. The van der Waals surface area contributed by atoms with Gasteiger partial charge in [-0.25, -0.2) is 0 Å². The zero-order valence-corrected chi connectivity index (χ0v) is 25.6. The summed E-state index contributed by atoms with van der Waals surface area (Å²) in [6.07, 6.45) is 2.19. The average Bonchev–Trinajstić information content (AvgIpc) is 3.02. The van der Waals surface area contributed by atoms with Crippen molar-refractivity contribution in [3.63, 3.8) is 0 Å². The van der Waals surface area contributed by atoms with Crippen molar-refractivity contribution in [2.45, 2.75) is 30.4 Å². The highest BCUT2D eigenvalue weighted by Gasteiger charge is 2.20. The van der Waals surface area contributed by atoms with E-state index in [4.69, 9.17) is 16.3 Å². The molecule has 0 aliphatic rings. The summed E-state index contributed by atoms with van der Waals surface area (Å²) in [4.78, 5) is 40.2. The van der Waals surface area contributed by atoms with Crippen LogP contribution in [0.2, 0.25) is 5.02 Å². The Hall–Kier alpha value is -4.53. The van der Waals surface area contributed by atoms with Crippen molar-refractivity contribution in [2.24, 2.45) is 0 Å². The predicted molar refractivity (Wildman–Crippen MR) is 175 cm³/mol. The SMILES string of the molecule is CCC(Sc1cccc(NC(=O)/C(=C\c2ccc(OC)cc2)NC(=O)c2ccccc2)c1)C(=O)Nc1ccc(C)c(Cl)c1. The number of thioether (sulfide) groups is 1. The third-order valence-corrected chi connectivity index (χ3v) is 8.19. The lowest BCUT2D eigenvalue weighted by Gasteiger charge is -2.16. The van der Waals surface area contributed by atoms with Gasteiger partial charge in [0.05, 0.1) is 12.4 Å². The summed E-state index contributed by atoms with van der Waals surface area (Å²) in [5, 5.41) is 8.77. The number of carbonyl (C=O) groups excluding carboxylic acids is 3. The van der Waals surface area contributed by atoms with Crippen molar-refractivity contribution in [2.75, 3.05) is 17.7 Å². The van der Waals surface area contributed by atoms with E-state index in [1.807, 2.05) is 38.1 Å². The summed E-state index contributed by atoms with van der Waals surface area (Å²) in [6.45, 7) is 3.84. The molecular weight excluding hydrogens is 582 g/mol. The van der Waals surface area contributed by atoms with Crippen LogP contribution in [-0.2, 0) is 9.59 Å². The van der Waals surface area contributed by atoms with E-state index in [1.54, 1.807) is 86.0 Å². The number of carbonyl (C=O) groups is 3. The highest BCUT2D eigenvalue weighted by Crippen LogP contribution is 2.29. The van der Waals surface area contributed by atoms with Crippen molar-refractivity contribution >= 4 is 58.5 Å². The van der Waals surface area contributed by atoms with E-state index < -0.39 is 11.8 Å². The quantitative estimate of drug-likeness (QED) is 0.120. The van der Waals surface area contributed by atoms with Crippen LogP contribution in [0.25, 0.3) is 6.08 Å². The maximum absolute atomic E-state index is 13.5. The van der Waals surface area contributed by atoms with E-state index in [-0.39, 0.29) is 16.9 Å². The van der Waals surface area contributed by atoms with Crippen molar-refractivity contribution < 1.29 is 19.1 Å². The van der Waals surface area contributed by atoms with Gasteiger partial charge < -0.3 is 20.7 Å². The first-order valence-electron chi connectivity index (χ1n) is 13.6. The Balaban J connectivity index is 1.50. The van der Waals surface area contributed by atoms with Gasteiger partial charge >= 0.3 is 0 Å². The maximum atomic E-state index is 13.5. The topological polar surface area (TPSA) is 96.5 Å². The summed E-state index contributed by atoms with van der Waals surface area (Å²) >= 11 is 7.61. The molecule has 3 N–H and O–H groups in total. The number of methoxy groups -OCH3 is 1. The summed E-state index contributed by atoms with van der Waals surface area (Å²) < 4.78 is 5.22. The number of amides is 3. The molecular formula is C34H32ClN3O4S. The number of aryl methyl sites for hydroxylation is 1. The lowest BCUT2D eigenvalue weighted by Crippen LogP contribution is -2.30. The second-order valence-electron chi connectivity index (χ2n) is 9.60. The van der Waals surface area contributed by atoms with E-state index in [9.17, 15) is 14.4 Å². The average molecular weight is 614 g/mol. The summed E-state index contributed by atoms with van der Waals surface area (Å²) in [6, 6.07) is 28.4. The van der Waals surface area contributed by atoms with Crippen LogP contribution in [0.15, 0.2) is 108 Å². The van der Waals surface area contributed by atoms with Gasteiger partial charge in [0.1, 0.15) is 11.4 Å². The molecule has 43 heavy (non-hydrogen) atoms. The molecule has 0 aliphatic heterocycles. The number of halogens is 1. The van der Waals surface area contributed by atoms with E-state index in [0.29, 0.717) is 39.7 Å². The lowest BCUT2D eigenvalue weighted by atomic mass is 10.1. The molecule has 9 heteroatoms. The number of hydrogen-bond acceptors (Lipinski definition) is 5. The Morgan fingerprint density at radius 2 is 1.60 bits per heavy atom. The molecule has 0 saturated heterocycles. The first-order valence-corrected chi connectivity index (χ1v) is 14.9. The van der Waals surface area contributed by atoms with E-state index in [0.717, 1.165) is 10.5 Å². The standard InChI is InChI=1S/C34H32ClN3O4S/c1-4-31(34(41)37-26-16-13-22(2)29(35)21-26)43-28-12-8-11-25(20-28)36-33(40)30(19-23-14-17-27(42-3)18-15-23)38-32(39)24-9-6-5-7-10-24/h5-21,31H,4H2,1-3H3,(H,36,40)(H,37,41)(H,38,39)/b30-19+. The van der Waals surface area contributed by atoms with E-state index in [2.05, 4.69) is 16.0 Å². The molecule has 1 unspecified atom stereocenters. The van der Waals surface area contributed by atoms with Gasteiger partial charge in [0.25, 0.3) is 11.8 Å². The maximum Gasteiger partial charge on any atom is 0.272 e. The van der Waals surface area contributed by atoms with Crippen molar-refractivity contribution in [3.05, 3.63) is 124 Å². The van der Waals surface area contributed by atoms with Gasteiger partial charge in [-0.3, -0.25) is 14.4 Å². The molecule has 1 atom stereocenters. The van der Waals surface area contributed by atoms with Crippen LogP contribution in [0.5, 0.6) is 5.75 Å². The lowest BCUT2D eigenvalue weighted by molar-refractivity contribution is -0.116. The fraction of sp³-hybridized carbons (Fsp3) is 0.147. The molecule has 0 heterocycles. The van der Waals surface area contributed by atoms with Crippen LogP contribution < -0.4 is 20.7 Å². The minimum Gasteiger partial charge on any atom is -0.497 e. The normalized spacial score (nSPS) is 11.8. The molecule has 0 bridgehead atoms. The molecule has 0 spiro atoms. The molecule has 4 aromatic rings. The highest BCUT2D eigenvalue weighted by molar-refractivity contribution is 8.00. The molecule has 0 aliphatic carbocycles. The van der Waals surface area contributed by atoms with Gasteiger partial charge in [0.2, 0.25) is 5.91 Å². The van der Waals surface area contributed by atoms with Crippen molar-refractivity contribution in [3.8, 4) is 5.75 Å². The third-order valence-electron chi connectivity index (χ3n) is 6.43. The predicted octanol–water partition coefficient (Wildman–Crippen LogP) is 7.58. The number of benzene rings is 4. The Morgan fingerprint density at radius 3 is 2.28 bits per heavy atom. The number of nitrogens with one attached hydrogen (secondary N) is 3. The molecule has 4 rings (SSSR count). The van der Waals surface area contributed by atoms with Gasteiger partial charge in [-0.2, -0.15) is 0 Å². The third kappa shape index (κ3) is 8.98. The first-order chi connectivity index (χ1) is 20.7. The molecule has 220 valence electrons. The number of ether oxygens (including phenoxy) is 1. The van der Waals surface area contributed by atoms with Crippen LogP contribution in [0.4, 0.5) is 11.4 Å². The van der Waals surface area contributed by atoms with Crippen molar-refractivity contribution in [1.82, 2.24) is 5.32 Å². The number of rotatable bonds is 11. The molecule has 3 amide bonds. The Kier molecular flexibility index (Phi) is 11.0. The molecule has 0 aromatic heterocycles. The molecule has 4 aromatic carbocycles. The van der Waals surface area contributed by atoms with Gasteiger partial charge in [0.15, 0.2) is 0 Å². The summed E-state index contributed by atoms with van der Waals surface area (Å²) in [5.41, 5.74) is 3.28. The molecule has 0 fully saturated rings. The summed E-state index contributed by atoms with van der Waals surface area (Å²) in [5.74, 6) is -0.377. The zero-order chi connectivity index (χ0) is 30.8. The fourth-order valence-corrected chi connectivity index (χ4v) is 5.23. The van der Waals surface area contributed by atoms with Gasteiger partial charge in [-0.05, 0) is 85.1 Å². The fourth-order valence-electron chi connectivity index (χ4n) is 4.03. The zero-order valence-electron chi connectivity index (χ0n) is 24.0. The Labute approximate surface area is 260 Å². The second-order valence-corrected chi connectivity index (χ2v) is 11.3. The van der Waals surface area contributed by atoms with E-state index in [1.165, 1.54) is 11.8 Å². The smallest absolute Gasteiger partial charge is 0.272 e. The monoisotopic (exact) mass is 613 g/mol. The van der Waals surface area contributed by atoms with Gasteiger partial charge in [0, 0.05) is 26.9 Å². The van der Waals surface area contributed by atoms with Crippen LogP contribution in [0.1, 0.15) is 34.8 Å². The van der Waals surface area contributed by atoms with Crippen LogP contribution in [0, 0.1) is 6.92 Å². The second kappa shape index (κ2) is 15.1. The largest absolute Gasteiger partial charge is 0.497 e. The van der Waals surface area contributed by atoms with Crippen LogP contribution >= 0.6 is 23.4 Å². The van der Waals surface area contributed by atoms with Gasteiger partial charge in [-0.1, -0.05) is 61.0 Å². The Bertz CT molecular complexity index is 1620. The van der Waals surface area contributed by atoms with E-state index >= 15 is 0 Å². The molecule has 0 radical (unpaired) electrons. The minimum atomic E-state index is -0.497. The summed E-state index contributed by atoms with van der Waals surface area (Å²) in [7, 11) is 1.57.